The molecule has 1 atom stereocenters. The van der Waals surface area contributed by atoms with E-state index >= 15 is 0 Å². The largest absolute Gasteiger partial charge is 0.489 e. The second-order valence-electron chi connectivity index (χ2n) is 6.64. The van der Waals surface area contributed by atoms with Gasteiger partial charge in [-0.2, -0.15) is 0 Å². The van der Waals surface area contributed by atoms with Crippen LogP contribution in [0.1, 0.15) is 6.92 Å². The van der Waals surface area contributed by atoms with Crippen molar-refractivity contribution in [3.63, 3.8) is 0 Å². The third-order valence-corrected chi connectivity index (χ3v) is 4.33. The maximum atomic E-state index is 13.0. The molecule has 2 aromatic carbocycles. The number of nitrogens with zero attached hydrogens (tertiary/aromatic N) is 3. The fourth-order valence-electron chi connectivity index (χ4n) is 2.98. The molecule has 0 bridgehead atoms. The van der Waals surface area contributed by atoms with Crippen LogP contribution in [0.4, 0.5) is 10.2 Å². The third-order valence-electron chi connectivity index (χ3n) is 4.33. The van der Waals surface area contributed by atoms with Gasteiger partial charge in [0.25, 0.3) is 0 Å². The molecule has 0 fully saturated rings. The zero-order valence-electron chi connectivity index (χ0n) is 14.5. The van der Waals surface area contributed by atoms with Crippen molar-refractivity contribution >= 4 is 5.82 Å². The first-order chi connectivity index (χ1) is 12.9. The summed E-state index contributed by atoms with van der Waals surface area (Å²) in [6.07, 6.45) is 1.36. The first-order valence-corrected chi connectivity index (χ1v) is 8.31. The van der Waals surface area contributed by atoms with Crippen LogP contribution in [0.15, 0.2) is 54.7 Å². The molecule has 0 saturated heterocycles. The van der Waals surface area contributed by atoms with Gasteiger partial charge in [0.2, 0.25) is 0 Å². The predicted octanol–water partition coefficient (Wildman–Crippen LogP) is 3.83. The zero-order chi connectivity index (χ0) is 19.0. The van der Waals surface area contributed by atoms with Crippen molar-refractivity contribution in [1.82, 2.24) is 9.55 Å². The molecule has 1 aliphatic heterocycles. The highest BCUT2D eigenvalue weighted by Gasteiger charge is 2.41. The molecule has 0 amide bonds. The molecule has 2 heterocycles. The Morgan fingerprint density at radius 3 is 2.44 bits per heavy atom. The molecule has 0 saturated carbocycles. The molecule has 0 spiro atoms. The normalized spacial score (nSPS) is 18.0. The number of hydrogen-bond donors (Lipinski definition) is 0. The van der Waals surface area contributed by atoms with Gasteiger partial charge in [-0.3, -0.25) is 4.57 Å². The minimum atomic E-state index is -0.660. The van der Waals surface area contributed by atoms with Gasteiger partial charge in [-0.05, 0) is 47.2 Å². The van der Waals surface area contributed by atoms with E-state index in [1.807, 2.05) is 31.2 Å². The number of imidazole rings is 1. The highest BCUT2D eigenvalue weighted by molar-refractivity contribution is 5.63. The summed E-state index contributed by atoms with van der Waals surface area (Å²) in [6.45, 7) is 2.54. The minimum absolute atomic E-state index is 0.222. The van der Waals surface area contributed by atoms with Gasteiger partial charge in [0.1, 0.15) is 24.4 Å². The Bertz CT molecular complexity index is 960. The first kappa shape index (κ1) is 17.0. The molecule has 8 heteroatoms. The Kier molecular flexibility index (Phi) is 4.02. The van der Waals surface area contributed by atoms with Crippen LogP contribution in [0.25, 0.3) is 11.1 Å². The maximum absolute atomic E-state index is 13.0. The molecule has 138 valence electrons. The summed E-state index contributed by atoms with van der Waals surface area (Å²) in [5.41, 5.74) is 1.21. The molecule has 1 aliphatic rings. The van der Waals surface area contributed by atoms with Crippen LogP contribution in [-0.2, 0) is 6.54 Å². The highest BCUT2D eigenvalue weighted by Crippen LogP contribution is 2.31. The van der Waals surface area contributed by atoms with E-state index in [9.17, 15) is 14.5 Å². The van der Waals surface area contributed by atoms with Gasteiger partial charge in [0.05, 0.1) is 6.54 Å². The number of aromatic nitrogens is 2. The van der Waals surface area contributed by atoms with Crippen molar-refractivity contribution in [2.24, 2.45) is 0 Å². The van der Waals surface area contributed by atoms with E-state index in [0.717, 1.165) is 11.1 Å². The lowest BCUT2D eigenvalue weighted by Gasteiger charge is -2.22. The van der Waals surface area contributed by atoms with E-state index in [0.29, 0.717) is 12.3 Å². The summed E-state index contributed by atoms with van der Waals surface area (Å²) >= 11 is 0. The second kappa shape index (κ2) is 6.39. The summed E-state index contributed by atoms with van der Waals surface area (Å²) < 4.78 is 26.2. The molecule has 0 N–H and O–H groups in total. The summed E-state index contributed by atoms with van der Waals surface area (Å²) in [5.74, 6) is 0.166. The molecule has 0 unspecified atom stereocenters. The van der Waals surface area contributed by atoms with Gasteiger partial charge in [-0.25, -0.2) is 4.39 Å². The monoisotopic (exact) mass is 369 g/mol. The summed E-state index contributed by atoms with van der Waals surface area (Å²) in [6, 6.07) is 14.0. The Morgan fingerprint density at radius 2 is 1.85 bits per heavy atom. The van der Waals surface area contributed by atoms with Gasteiger partial charge in [0, 0.05) is 4.98 Å². The van der Waals surface area contributed by atoms with Crippen LogP contribution in [0.3, 0.4) is 0 Å². The zero-order valence-corrected chi connectivity index (χ0v) is 14.5. The Hall–Kier alpha value is -3.42. The number of ether oxygens (including phenoxy) is 2. The summed E-state index contributed by atoms with van der Waals surface area (Å²) in [4.78, 5) is 14.1. The van der Waals surface area contributed by atoms with Crippen molar-refractivity contribution in [3.05, 3.63) is 70.7 Å². The summed E-state index contributed by atoms with van der Waals surface area (Å²) in [5, 5.41) is 10.8. The fraction of sp³-hybridized carbons (Fsp3) is 0.211. The number of nitro groups is 1. The molecule has 4 rings (SSSR count). The molecule has 0 radical (unpaired) electrons. The van der Waals surface area contributed by atoms with Gasteiger partial charge in [-0.1, -0.05) is 24.3 Å². The number of hydrogen-bond acceptors (Lipinski definition) is 5. The van der Waals surface area contributed by atoms with E-state index in [-0.39, 0.29) is 24.3 Å². The SMILES string of the molecule is C[C@]1(COc2ccc(-c3ccc(F)cc3)cc2)Cn2cc([N+](=O)[O-])nc2O1. The second-order valence-corrected chi connectivity index (χ2v) is 6.64. The quantitative estimate of drug-likeness (QED) is 0.504. The van der Waals surface area contributed by atoms with Crippen LogP contribution in [-0.4, -0.2) is 26.7 Å². The maximum Gasteiger partial charge on any atom is 0.415 e. The van der Waals surface area contributed by atoms with Gasteiger partial charge < -0.3 is 19.6 Å². The third kappa shape index (κ3) is 3.46. The molecular formula is C19H16FN3O4. The van der Waals surface area contributed by atoms with Crippen molar-refractivity contribution in [1.29, 1.82) is 0 Å². The van der Waals surface area contributed by atoms with Crippen LogP contribution < -0.4 is 9.47 Å². The first-order valence-electron chi connectivity index (χ1n) is 8.31. The van der Waals surface area contributed by atoms with Crippen LogP contribution >= 0.6 is 0 Å². The highest BCUT2D eigenvalue weighted by atomic mass is 19.1. The molecule has 7 nitrogen and oxygen atoms in total. The lowest BCUT2D eigenvalue weighted by Crippen LogP contribution is -2.38. The van der Waals surface area contributed by atoms with Crippen molar-refractivity contribution < 1.29 is 18.8 Å². The van der Waals surface area contributed by atoms with Crippen LogP contribution in [0, 0.1) is 15.9 Å². The lowest BCUT2D eigenvalue weighted by molar-refractivity contribution is -0.389. The Balaban J connectivity index is 1.39. The summed E-state index contributed by atoms with van der Waals surface area (Å²) in [7, 11) is 0. The fourth-order valence-corrected chi connectivity index (χ4v) is 2.98. The molecule has 0 aliphatic carbocycles. The topological polar surface area (TPSA) is 79.4 Å². The van der Waals surface area contributed by atoms with E-state index in [4.69, 9.17) is 9.47 Å². The predicted molar refractivity (Wildman–Crippen MR) is 95.2 cm³/mol. The van der Waals surface area contributed by atoms with Gasteiger partial charge >= 0.3 is 11.8 Å². The number of rotatable bonds is 5. The van der Waals surface area contributed by atoms with Gasteiger partial charge in [0.15, 0.2) is 5.60 Å². The molecule has 27 heavy (non-hydrogen) atoms. The average molecular weight is 369 g/mol. The Labute approximate surface area is 154 Å². The minimum Gasteiger partial charge on any atom is -0.489 e. The van der Waals surface area contributed by atoms with Crippen molar-refractivity contribution in [2.45, 2.75) is 19.1 Å². The van der Waals surface area contributed by atoms with E-state index in [1.165, 1.54) is 18.3 Å². The number of fused-ring (bicyclic) bond motifs is 1. The van der Waals surface area contributed by atoms with E-state index in [2.05, 4.69) is 4.98 Å². The standard InChI is InChI=1S/C19H16FN3O4/c1-19(11-22-10-17(23(24)25)21-18(22)27-19)12-26-16-8-4-14(5-9-16)13-2-6-15(20)7-3-13/h2-10H,11-12H2,1H3/t19-/m1/s1. The number of benzene rings is 2. The van der Waals surface area contributed by atoms with Crippen molar-refractivity contribution in [2.75, 3.05) is 6.61 Å². The van der Waals surface area contributed by atoms with Crippen molar-refractivity contribution in [3.8, 4) is 22.9 Å². The van der Waals surface area contributed by atoms with Crippen LogP contribution in [0.2, 0.25) is 0 Å². The number of halogens is 1. The molecule has 1 aromatic heterocycles. The van der Waals surface area contributed by atoms with Crippen LogP contribution in [0.5, 0.6) is 11.8 Å². The average Bonchev–Trinajstić information content (AvgIpc) is 3.17. The Morgan fingerprint density at radius 1 is 1.22 bits per heavy atom. The van der Waals surface area contributed by atoms with Gasteiger partial charge in [-0.15, -0.1) is 0 Å². The molecular weight excluding hydrogens is 353 g/mol. The van der Waals surface area contributed by atoms with E-state index < -0.39 is 10.5 Å². The molecule has 3 aromatic rings. The van der Waals surface area contributed by atoms with E-state index in [1.54, 1.807) is 16.7 Å². The lowest BCUT2D eigenvalue weighted by atomic mass is 10.1. The smallest absolute Gasteiger partial charge is 0.415 e.